The van der Waals surface area contributed by atoms with Crippen molar-refractivity contribution in [3.05, 3.63) is 48.6 Å². The Labute approximate surface area is 308 Å². The van der Waals surface area contributed by atoms with Crippen molar-refractivity contribution >= 4 is 13.7 Å². The van der Waals surface area contributed by atoms with Gasteiger partial charge in [0.05, 0.1) is 39.9 Å². The lowest BCUT2D eigenvalue weighted by molar-refractivity contribution is -0.870. The zero-order valence-corrected chi connectivity index (χ0v) is 33.7. The highest BCUT2D eigenvalue weighted by Crippen LogP contribution is 2.38. The largest absolute Gasteiger partial charge is 0.756 e. The van der Waals surface area contributed by atoms with Crippen molar-refractivity contribution in [2.75, 3.05) is 40.9 Å². The van der Waals surface area contributed by atoms with E-state index in [-0.39, 0.29) is 12.5 Å². The van der Waals surface area contributed by atoms with Crippen molar-refractivity contribution in [1.29, 1.82) is 0 Å². The van der Waals surface area contributed by atoms with Gasteiger partial charge in [-0.2, -0.15) is 0 Å². The van der Waals surface area contributed by atoms with Crippen LogP contribution in [0.15, 0.2) is 48.6 Å². The topological polar surface area (TPSA) is 108 Å². The molecular formula is C41H77N2O6P. The van der Waals surface area contributed by atoms with Crippen LogP contribution in [0.1, 0.15) is 155 Å². The Morgan fingerprint density at radius 2 is 1.12 bits per heavy atom. The van der Waals surface area contributed by atoms with E-state index in [1.807, 2.05) is 27.2 Å². The molecule has 0 aliphatic heterocycles. The minimum atomic E-state index is -4.59. The van der Waals surface area contributed by atoms with E-state index < -0.39 is 26.6 Å². The van der Waals surface area contributed by atoms with Crippen LogP contribution < -0.4 is 10.2 Å². The summed E-state index contributed by atoms with van der Waals surface area (Å²) in [5.74, 6) is -0.225. The molecule has 0 saturated heterocycles. The van der Waals surface area contributed by atoms with E-state index in [9.17, 15) is 19.4 Å². The quantitative estimate of drug-likeness (QED) is 0.0292. The fourth-order valence-corrected chi connectivity index (χ4v) is 5.96. The van der Waals surface area contributed by atoms with Crippen molar-refractivity contribution in [3.63, 3.8) is 0 Å². The molecule has 50 heavy (non-hydrogen) atoms. The van der Waals surface area contributed by atoms with Crippen molar-refractivity contribution in [1.82, 2.24) is 5.32 Å². The van der Waals surface area contributed by atoms with Gasteiger partial charge in [0, 0.05) is 6.42 Å². The summed E-state index contributed by atoms with van der Waals surface area (Å²) < 4.78 is 23.1. The zero-order valence-electron chi connectivity index (χ0n) is 32.8. The van der Waals surface area contributed by atoms with Gasteiger partial charge < -0.3 is 28.8 Å². The molecule has 0 aliphatic carbocycles. The van der Waals surface area contributed by atoms with E-state index in [0.717, 1.165) is 64.2 Å². The summed E-state index contributed by atoms with van der Waals surface area (Å²) in [5.41, 5.74) is 0. The van der Waals surface area contributed by atoms with Gasteiger partial charge in [0.25, 0.3) is 7.82 Å². The number of aliphatic hydroxyl groups is 1. The number of hydrogen-bond donors (Lipinski definition) is 2. The van der Waals surface area contributed by atoms with Gasteiger partial charge in [-0.05, 0) is 70.6 Å². The highest BCUT2D eigenvalue weighted by atomic mass is 31.2. The number of hydrogen-bond acceptors (Lipinski definition) is 6. The molecule has 292 valence electrons. The lowest BCUT2D eigenvalue weighted by atomic mass is 10.1. The molecule has 0 aliphatic rings. The molecule has 3 atom stereocenters. The summed E-state index contributed by atoms with van der Waals surface area (Å²) >= 11 is 0. The predicted octanol–water partition coefficient (Wildman–Crippen LogP) is 9.89. The van der Waals surface area contributed by atoms with Gasteiger partial charge in [-0.3, -0.25) is 9.36 Å². The second-order valence-electron chi connectivity index (χ2n) is 14.6. The number of phosphoric ester groups is 1. The molecule has 0 aromatic carbocycles. The van der Waals surface area contributed by atoms with Crippen LogP contribution in [-0.2, 0) is 18.4 Å². The summed E-state index contributed by atoms with van der Waals surface area (Å²) in [7, 11) is 1.22. The molecule has 0 spiro atoms. The fraction of sp³-hybridized carbons (Fsp3) is 0.780. The monoisotopic (exact) mass is 725 g/mol. The van der Waals surface area contributed by atoms with Gasteiger partial charge in [-0.1, -0.05) is 127 Å². The molecule has 0 radical (unpaired) electrons. The maximum Gasteiger partial charge on any atom is 0.268 e. The molecule has 0 rings (SSSR count). The van der Waals surface area contributed by atoms with Crippen molar-refractivity contribution in [2.24, 2.45) is 0 Å². The maximum absolute atomic E-state index is 12.8. The second kappa shape index (κ2) is 33.3. The minimum absolute atomic E-state index is 0.0119. The highest BCUT2D eigenvalue weighted by Gasteiger charge is 2.23. The molecule has 0 fully saturated rings. The normalized spacial score (nSPS) is 15.1. The Morgan fingerprint density at radius 3 is 1.66 bits per heavy atom. The number of likely N-dealkylation sites (N-methyl/N-ethyl adjacent to an activating group) is 1. The summed E-state index contributed by atoms with van der Waals surface area (Å²) in [6, 6.07) is -0.911. The van der Waals surface area contributed by atoms with Crippen LogP contribution >= 0.6 is 7.82 Å². The number of aliphatic hydroxyl groups excluding tert-OH is 1. The number of carbonyl (C=O) groups is 1. The third kappa shape index (κ3) is 34.9. The molecule has 0 aromatic rings. The van der Waals surface area contributed by atoms with E-state index in [1.165, 1.54) is 70.6 Å². The molecule has 2 N–H and O–H groups in total. The van der Waals surface area contributed by atoms with E-state index in [0.29, 0.717) is 17.4 Å². The zero-order chi connectivity index (χ0) is 37.2. The number of unbranched alkanes of at least 4 members (excludes halogenated alkanes) is 16. The van der Waals surface area contributed by atoms with E-state index in [2.05, 4.69) is 55.6 Å². The average molecular weight is 725 g/mol. The first-order valence-corrected chi connectivity index (χ1v) is 21.5. The minimum Gasteiger partial charge on any atom is -0.756 e. The number of rotatable bonds is 35. The average Bonchev–Trinajstić information content (AvgIpc) is 3.06. The Hall–Kier alpha value is -1.54. The number of nitrogens with zero attached hydrogens (tertiary/aromatic N) is 1. The lowest BCUT2D eigenvalue weighted by Gasteiger charge is -2.29. The maximum atomic E-state index is 12.8. The molecule has 0 saturated carbocycles. The van der Waals surface area contributed by atoms with Gasteiger partial charge in [0.15, 0.2) is 0 Å². The smallest absolute Gasteiger partial charge is 0.268 e. The van der Waals surface area contributed by atoms with Crippen molar-refractivity contribution in [3.8, 4) is 0 Å². The molecule has 0 bridgehead atoms. The number of quaternary nitrogens is 1. The fourth-order valence-electron chi connectivity index (χ4n) is 5.23. The Bertz CT molecular complexity index is 959. The molecular weight excluding hydrogens is 647 g/mol. The summed E-state index contributed by atoms with van der Waals surface area (Å²) in [6.45, 7) is 4.54. The first-order chi connectivity index (χ1) is 24.0. The lowest BCUT2D eigenvalue weighted by Crippen LogP contribution is -2.45. The SMILES string of the molecule is CCCCC/C=C\CCCCCCCC(=O)NC(COP(=O)([O-])OCC[N+](C)(C)C)C(O)/C=C/CC/C=C/CC/C=C/CCCCCCCC. The highest BCUT2D eigenvalue weighted by molar-refractivity contribution is 7.45. The third-order valence-electron chi connectivity index (χ3n) is 8.49. The van der Waals surface area contributed by atoms with Gasteiger partial charge in [-0.25, -0.2) is 0 Å². The second-order valence-corrected chi connectivity index (χ2v) is 16.0. The van der Waals surface area contributed by atoms with Gasteiger partial charge in [0.1, 0.15) is 13.2 Å². The first-order valence-electron chi connectivity index (χ1n) is 20.0. The van der Waals surface area contributed by atoms with Gasteiger partial charge in [-0.15, -0.1) is 0 Å². The number of allylic oxidation sites excluding steroid dienone is 7. The Kier molecular flexibility index (Phi) is 32.3. The number of carbonyl (C=O) groups excluding carboxylic acids is 1. The van der Waals surface area contributed by atoms with E-state index in [4.69, 9.17) is 9.05 Å². The summed E-state index contributed by atoms with van der Waals surface area (Å²) in [5, 5.41) is 13.7. The van der Waals surface area contributed by atoms with Crippen LogP contribution in [-0.4, -0.2) is 68.5 Å². The van der Waals surface area contributed by atoms with E-state index in [1.54, 1.807) is 6.08 Å². The van der Waals surface area contributed by atoms with Gasteiger partial charge in [0.2, 0.25) is 5.91 Å². The first kappa shape index (κ1) is 48.5. The molecule has 1 amide bonds. The van der Waals surface area contributed by atoms with Crippen LogP contribution in [0.2, 0.25) is 0 Å². The number of amides is 1. The Morgan fingerprint density at radius 1 is 0.680 bits per heavy atom. The van der Waals surface area contributed by atoms with Crippen LogP contribution in [0.4, 0.5) is 0 Å². The molecule has 0 aromatic heterocycles. The van der Waals surface area contributed by atoms with E-state index >= 15 is 0 Å². The number of phosphoric acid groups is 1. The molecule has 9 heteroatoms. The summed E-state index contributed by atoms with van der Waals surface area (Å²) in [4.78, 5) is 25.2. The molecule has 0 heterocycles. The number of nitrogens with one attached hydrogen (secondary N) is 1. The van der Waals surface area contributed by atoms with Crippen LogP contribution in [0.3, 0.4) is 0 Å². The van der Waals surface area contributed by atoms with Gasteiger partial charge >= 0.3 is 0 Å². The third-order valence-corrected chi connectivity index (χ3v) is 9.45. The standard InChI is InChI=1S/C41H77N2O6P/c1-6-8-10-12-14-16-18-20-21-22-23-24-26-28-30-32-34-40(44)39(38-49-50(46,47)48-37-36-43(3,4)5)42-41(45)35-33-31-29-27-25-19-17-15-13-11-9-7-2/h15,17,20-21,24,26,32,34,39-40,44H,6-14,16,18-19,22-23,25,27-31,33,35-38H2,1-5H3,(H-,42,45,46,47)/b17-15-,21-20+,26-24+,34-32+. The molecule has 8 nitrogen and oxygen atoms in total. The van der Waals surface area contributed by atoms with Crippen molar-refractivity contribution < 1.29 is 32.9 Å². The molecule has 3 unspecified atom stereocenters. The van der Waals surface area contributed by atoms with Crippen LogP contribution in [0.5, 0.6) is 0 Å². The summed E-state index contributed by atoms with van der Waals surface area (Å²) in [6.07, 6.45) is 40.1. The predicted molar refractivity (Wildman–Crippen MR) is 210 cm³/mol. The van der Waals surface area contributed by atoms with Crippen molar-refractivity contribution in [2.45, 2.75) is 167 Å². The Balaban J connectivity index is 4.62. The van der Waals surface area contributed by atoms with Crippen LogP contribution in [0, 0.1) is 0 Å². The van der Waals surface area contributed by atoms with Crippen LogP contribution in [0.25, 0.3) is 0 Å².